The lowest BCUT2D eigenvalue weighted by molar-refractivity contribution is -0.183. The zero-order chi connectivity index (χ0) is 26.0. The Bertz CT molecular complexity index is 1390. The molecule has 0 saturated heterocycles. The normalized spacial score (nSPS) is 16.5. The molecule has 0 bridgehead atoms. The number of hydrogen-bond acceptors (Lipinski definition) is 10. The number of anilines is 1. The van der Waals surface area contributed by atoms with Crippen LogP contribution in [0.3, 0.4) is 0 Å². The van der Waals surface area contributed by atoms with Gasteiger partial charge in [0.05, 0.1) is 10.9 Å². The molecule has 2 aromatic carbocycles. The minimum absolute atomic E-state index is 0.297. The number of carbonyl (C=O) groups excluding carboxylic acids is 3. The van der Waals surface area contributed by atoms with Crippen LogP contribution in [0.4, 0.5) is 5.69 Å². The maximum absolute atomic E-state index is 13.7. The van der Waals surface area contributed by atoms with Gasteiger partial charge in [0, 0.05) is 32.0 Å². The molecule has 3 aromatic rings. The van der Waals surface area contributed by atoms with E-state index in [1.54, 1.807) is 48.5 Å². The summed E-state index contributed by atoms with van der Waals surface area (Å²) in [5, 5.41) is 14.3. The van der Waals surface area contributed by atoms with Crippen LogP contribution >= 0.6 is 0 Å². The van der Waals surface area contributed by atoms with Gasteiger partial charge in [0.1, 0.15) is 24.7 Å². The Balaban J connectivity index is 1.92. The van der Waals surface area contributed by atoms with Crippen LogP contribution in [-0.2, 0) is 28.6 Å². The van der Waals surface area contributed by atoms with Gasteiger partial charge in [-0.1, -0.05) is 24.3 Å². The Kier molecular flexibility index (Phi) is 7.02. The van der Waals surface area contributed by atoms with Crippen LogP contribution in [0.15, 0.2) is 53.3 Å². The lowest BCUT2D eigenvalue weighted by Gasteiger charge is -2.39. The van der Waals surface area contributed by atoms with Crippen molar-refractivity contribution in [2.75, 3.05) is 11.9 Å². The van der Waals surface area contributed by atoms with Crippen molar-refractivity contribution in [3.63, 3.8) is 0 Å². The summed E-state index contributed by atoms with van der Waals surface area (Å²) in [5.41, 5.74) is 1.25. The molecule has 0 aliphatic carbocycles. The van der Waals surface area contributed by atoms with E-state index in [2.05, 4.69) is 5.32 Å². The fourth-order valence-electron chi connectivity index (χ4n) is 4.21. The highest BCUT2D eigenvalue weighted by Crippen LogP contribution is 2.37. The highest BCUT2D eigenvalue weighted by Gasteiger charge is 2.44. The van der Waals surface area contributed by atoms with Crippen LogP contribution in [0.2, 0.25) is 0 Å². The smallest absolute Gasteiger partial charge is 0.303 e. The number of ether oxygens (including phenoxy) is 3. The van der Waals surface area contributed by atoms with E-state index in [1.165, 1.54) is 4.57 Å². The van der Waals surface area contributed by atoms with E-state index in [1.807, 2.05) is 0 Å². The maximum atomic E-state index is 13.7. The fraction of sp³-hybridized carbons (Fsp3) is 0.320. The standard InChI is InChI=1S/C25H25N3O8/c1-13(29)34-12-20(32)21(35-14(2)30)22(36-15(3)31)24-27-18-10-6-4-8-16(18)23-26-19-11-7-5-9-17(19)25(33)28(23)24/h4-11,20-22,24,27,32H,12H2,1-3H3/t20-,21-,22+,24+/m0/s1. The third-order valence-electron chi connectivity index (χ3n) is 5.63. The molecule has 1 aromatic heterocycles. The van der Waals surface area contributed by atoms with Gasteiger partial charge >= 0.3 is 17.9 Å². The van der Waals surface area contributed by atoms with E-state index >= 15 is 0 Å². The minimum atomic E-state index is -1.58. The van der Waals surface area contributed by atoms with E-state index < -0.39 is 54.6 Å². The van der Waals surface area contributed by atoms with E-state index in [0.29, 0.717) is 28.0 Å². The van der Waals surface area contributed by atoms with Crippen LogP contribution in [0.1, 0.15) is 26.9 Å². The van der Waals surface area contributed by atoms with Gasteiger partial charge in [-0.25, -0.2) is 4.98 Å². The molecule has 188 valence electrons. The SMILES string of the molecule is CC(=O)OC[C@H](O)[C@H](OC(C)=O)[C@@H](OC(C)=O)[C@@H]1Nc2ccccc2-c2nc3ccccc3c(=O)n21. The molecule has 0 amide bonds. The molecule has 2 heterocycles. The molecule has 2 N–H and O–H groups in total. The molecule has 11 heteroatoms. The van der Waals surface area contributed by atoms with Gasteiger partial charge in [-0.15, -0.1) is 0 Å². The summed E-state index contributed by atoms with van der Waals surface area (Å²) < 4.78 is 17.1. The van der Waals surface area contributed by atoms with Crippen molar-refractivity contribution < 1.29 is 33.7 Å². The molecular formula is C25H25N3O8. The lowest BCUT2D eigenvalue weighted by Crippen LogP contribution is -2.53. The Labute approximate surface area is 205 Å². The van der Waals surface area contributed by atoms with Crippen LogP contribution < -0.4 is 10.9 Å². The second-order valence-electron chi connectivity index (χ2n) is 8.28. The van der Waals surface area contributed by atoms with Gasteiger partial charge in [-0.05, 0) is 24.3 Å². The van der Waals surface area contributed by atoms with Gasteiger partial charge in [0.2, 0.25) is 0 Å². The molecule has 11 nitrogen and oxygen atoms in total. The number of aromatic nitrogens is 2. The summed E-state index contributed by atoms with van der Waals surface area (Å²) in [6.45, 7) is 2.89. The topological polar surface area (TPSA) is 146 Å². The van der Waals surface area contributed by atoms with Crippen molar-refractivity contribution in [1.29, 1.82) is 0 Å². The van der Waals surface area contributed by atoms with Crippen molar-refractivity contribution in [1.82, 2.24) is 9.55 Å². The Morgan fingerprint density at radius 1 is 1.00 bits per heavy atom. The molecule has 4 atom stereocenters. The van der Waals surface area contributed by atoms with Crippen molar-refractivity contribution in [3.8, 4) is 11.4 Å². The number of esters is 3. The number of rotatable bonds is 7. The lowest BCUT2D eigenvalue weighted by atomic mass is 10.0. The monoisotopic (exact) mass is 495 g/mol. The number of aliphatic hydroxyl groups excluding tert-OH is 1. The molecule has 0 fully saturated rings. The number of carbonyl (C=O) groups is 3. The number of hydrogen-bond donors (Lipinski definition) is 2. The second kappa shape index (κ2) is 10.2. The van der Waals surface area contributed by atoms with Crippen LogP contribution in [0.25, 0.3) is 22.3 Å². The number of benzene rings is 2. The van der Waals surface area contributed by atoms with Crippen molar-refractivity contribution >= 4 is 34.5 Å². The largest absolute Gasteiger partial charge is 0.463 e. The molecular weight excluding hydrogens is 470 g/mol. The third-order valence-corrected chi connectivity index (χ3v) is 5.63. The molecule has 0 unspecified atom stereocenters. The highest BCUT2D eigenvalue weighted by atomic mass is 16.6. The molecule has 4 rings (SSSR count). The Morgan fingerprint density at radius 2 is 1.67 bits per heavy atom. The van der Waals surface area contributed by atoms with Gasteiger partial charge < -0.3 is 24.6 Å². The van der Waals surface area contributed by atoms with Gasteiger partial charge in [0.15, 0.2) is 12.2 Å². The first-order chi connectivity index (χ1) is 17.2. The zero-order valence-corrected chi connectivity index (χ0v) is 19.8. The number of nitrogens with zero attached hydrogens (tertiary/aromatic N) is 2. The summed E-state index contributed by atoms with van der Waals surface area (Å²) in [6, 6.07) is 13.9. The predicted molar refractivity (Wildman–Crippen MR) is 128 cm³/mol. The van der Waals surface area contributed by atoms with Crippen molar-refractivity contribution in [3.05, 3.63) is 58.9 Å². The van der Waals surface area contributed by atoms with Crippen molar-refractivity contribution in [2.24, 2.45) is 0 Å². The average molecular weight is 495 g/mol. The number of aliphatic hydroxyl groups is 1. The quantitative estimate of drug-likeness (QED) is 0.367. The first-order valence-corrected chi connectivity index (χ1v) is 11.2. The van der Waals surface area contributed by atoms with Gasteiger partial charge in [0.25, 0.3) is 5.56 Å². The first kappa shape index (κ1) is 24.9. The number of nitrogens with one attached hydrogen (secondary N) is 1. The van der Waals surface area contributed by atoms with Crippen LogP contribution in [0, 0.1) is 0 Å². The minimum Gasteiger partial charge on any atom is -0.463 e. The summed E-state index contributed by atoms with van der Waals surface area (Å²) in [5.74, 6) is -1.90. The molecule has 36 heavy (non-hydrogen) atoms. The second-order valence-corrected chi connectivity index (χ2v) is 8.28. The van der Waals surface area contributed by atoms with Crippen LogP contribution in [0.5, 0.6) is 0 Å². The van der Waals surface area contributed by atoms with E-state index in [9.17, 15) is 24.3 Å². The predicted octanol–water partition coefficient (Wildman–Crippen LogP) is 1.77. The number of para-hydroxylation sites is 2. The highest BCUT2D eigenvalue weighted by molar-refractivity contribution is 5.83. The van der Waals surface area contributed by atoms with Crippen molar-refractivity contribution in [2.45, 2.75) is 45.2 Å². The first-order valence-electron chi connectivity index (χ1n) is 11.2. The van der Waals surface area contributed by atoms with E-state index in [4.69, 9.17) is 19.2 Å². The summed E-state index contributed by atoms with van der Waals surface area (Å²) in [7, 11) is 0. The van der Waals surface area contributed by atoms with Gasteiger partial charge in [-0.2, -0.15) is 0 Å². The maximum Gasteiger partial charge on any atom is 0.303 e. The van der Waals surface area contributed by atoms with Gasteiger partial charge in [-0.3, -0.25) is 23.7 Å². The summed E-state index contributed by atoms with van der Waals surface area (Å²) in [4.78, 5) is 53.9. The van der Waals surface area contributed by atoms with Crippen LogP contribution in [-0.4, -0.2) is 57.5 Å². The summed E-state index contributed by atoms with van der Waals surface area (Å²) >= 11 is 0. The molecule has 0 spiro atoms. The third kappa shape index (κ3) is 4.91. The Morgan fingerprint density at radius 3 is 2.36 bits per heavy atom. The summed E-state index contributed by atoms with van der Waals surface area (Å²) in [6.07, 6.45) is -5.63. The van der Waals surface area contributed by atoms with E-state index in [0.717, 1.165) is 20.8 Å². The average Bonchev–Trinajstić information content (AvgIpc) is 2.84. The molecule has 0 radical (unpaired) electrons. The molecule has 1 aliphatic heterocycles. The zero-order valence-electron chi connectivity index (χ0n) is 19.8. The van der Waals surface area contributed by atoms with E-state index in [-0.39, 0.29) is 0 Å². The molecule has 1 aliphatic rings. The fourth-order valence-corrected chi connectivity index (χ4v) is 4.21. The number of fused-ring (bicyclic) bond motifs is 4. The molecule has 0 saturated carbocycles. The Hall–Kier alpha value is -4.25.